The number of benzene rings is 1. The number of nitrogens with one attached hydrogen (secondary N) is 1. The van der Waals surface area contributed by atoms with Crippen molar-refractivity contribution in [3.05, 3.63) is 40.8 Å². The first-order valence-electron chi connectivity index (χ1n) is 7.90. The van der Waals surface area contributed by atoms with Crippen LogP contribution in [-0.2, 0) is 22.9 Å². The highest BCUT2D eigenvalue weighted by molar-refractivity contribution is 7.91. The van der Waals surface area contributed by atoms with Crippen molar-refractivity contribution >= 4 is 21.4 Å². The Hall–Kier alpha value is -1.57. The molecular weight excluding hydrogens is 346 g/mol. The number of ether oxygens (including phenoxy) is 2. The maximum Gasteiger partial charge on any atom is 0.250 e. The van der Waals surface area contributed by atoms with Gasteiger partial charge in [0, 0.05) is 17.3 Å². The van der Waals surface area contributed by atoms with Gasteiger partial charge in [-0.25, -0.2) is 13.1 Å². The lowest BCUT2D eigenvalue weighted by Gasteiger charge is -2.26. The maximum absolute atomic E-state index is 12.4. The minimum Gasteiger partial charge on any atom is -0.493 e. The highest BCUT2D eigenvalue weighted by Crippen LogP contribution is 2.36. The molecule has 5 nitrogen and oxygen atoms in total. The third-order valence-corrected chi connectivity index (χ3v) is 7.21. The van der Waals surface area contributed by atoms with Crippen LogP contribution in [0.4, 0.5) is 0 Å². The van der Waals surface area contributed by atoms with Crippen molar-refractivity contribution in [3.8, 4) is 11.5 Å². The first-order chi connectivity index (χ1) is 11.5. The van der Waals surface area contributed by atoms with Crippen LogP contribution < -0.4 is 14.2 Å². The quantitative estimate of drug-likeness (QED) is 0.853. The average molecular weight is 367 g/mol. The first-order valence-corrected chi connectivity index (χ1v) is 10.2. The van der Waals surface area contributed by atoms with Crippen LogP contribution >= 0.6 is 11.3 Å². The standard InChI is InChI=1S/C17H21NO4S2/c1-3-14-7-8-16(23-14)24(19,20)18-10-12-9-13-5-4-6-15(21-2)17(13)22-11-12/h4-8,12,18H,3,9-11H2,1-2H3/t12-/m0/s1. The van der Waals surface area contributed by atoms with E-state index < -0.39 is 10.0 Å². The second kappa shape index (κ2) is 7.13. The van der Waals surface area contributed by atoms with Crippen LogP contribution in [0.1, 0.15) is 17.4 Å². The highest BCUT2D eigenvalue weighted by atomic mass is 32.2. The number of rotatable bonds is 6. The molecule has 3 rings (SSSR count). The lowest BCUT2D eigenvalue weighted by molar-refractivity contribution is 0.213. The summed E-state index contributed by atoms with van der Waals surface area (Å²) in [4.78, 5) is 1.07. The molecule has 1 aromatic carbocycles. The second-order valence-corrected chi connectivity index (χ2v) is 8.92. The molecule has 0 radical (unpaired) electrons. The minimum atomic E-state index is -3.45. The van der Waals surface area contributed by atoms with Gasteiger partial charge in [-0.1, -0.05) is 19.1 Å². The van der Waals surface area contributed by atoms with Gasteiger partial charge in [0.1, 0.15) is 4.21 Å². The molecule has 1 atom stereocenters. The van der Waals surface area contributed by atoms with E-state index in [0.717, 1.165) is 34.8 Å². The molecule has 2 aromatic rings. The molecule has 1 aromatic heterocycles. The molecule has 7 heteroatoms. The Labute approximate surface area is 146 Å². The average Bonchev–Trinajstić information content (AvgIpc) is 3.09. The van der Waals surface area contributed by atoms with Crippen molar-refractivity contribution in [3.63, 3.8) is 0 Å². The molecule has 0 fully saturated rings. The summed E-state index contributed by atoms with van der Waals surface area (Å²) in [6, 6.07) is 9.32. The van der Waals surface area contributed by atoms with E-state index in [0.29, 0.717) is 17.4 Å². The van der Waals surface area contributed by atoms with Crippen LogP contribution in [0.3, 0.4) is 0 Å². The van der Waals surface area contributed by atoms with E-state index in [2.05, 4.69) is 4.72 Å². The van der Waals surface area contributed by atoms with Gasteiger partial charge in [-0.15, -0.1) is 11.3 Å². The molecule has 2 heterocycles. The molecule has 0 amide bonds. The maximum atomic E-state index is 12.4. The summed E-state index contributed by atoms with van der Waals surface area (Å²) < 4.78 is 39.0. The fourth-order valence-corrected chi connectivity index (χ4v) is 5.20. The Morgan fingerprint density at radius 1 is 1.33 bits per heavy atom. The summed E-state index contributed by atoms with van der Waals surface area (Å²) in [5.41, 5.74) is 1.05. The van der Waals surface area contributed by atoms with Crippen LogP contribution in [0, 0.1) is 5.92 Å². The summed E-state index contributed by atoms with van der Waals surface area (Å²) in [7, 11) is -1.83. The number of para-hydroxylation sites is 1. The van der Waals surface area contributed by atoms with E-state index in [1.165, 1.54) is 11.3 Å². The number of hydrogen-bond donors (Lipinski definition) is 1. The van der Waals surface area contributed by atoms with E-state index >= 15 is 0 Å². The molecule has 1 N–H and O–H groups in total. The number of methoxy groups -OCH3 is 1. The molecule has 24 heavy (non-hydrogen) atoms. The lowest BCUT2D eigenvalue weighted by Crippen LogP contribution is -2.34. The van der Waals surface area contributed by atoms with E-state index in [-0.39, 0.29) is 5.92 Å². The van der Waals surface area contributed by atoms with Crippen molar-refractivity contribution in [1.82, 2.24) is 4.72 Å². The lowest BCUT2D eigenvalue weighted by atomic mass is 9.96. The number of sulfonamides is 1. The van der Waals surface area contributed by atoms with Crippen LogP contribution in [0.5, 0.6) is 11.5 Å². The van der Waals surface area contributed by atoms with Crippen LogP contribution in [0.15, 0.2) is 34.5 Å². The Morgan fingerprint density at radius 3 is 2.88 bits per heavy atom. The van der Waals surface area contributed by atoms with Crippen molar-refractivity contribution in [2.75, 3.05) is 20.3 Å². The molecule has 1 aliphatic rings. The molecule has 0 spiro atoms. The van der Waals surface area contributed by atoms with Crippen molar-refractivity contribution in [2.45, 2.75) is 24.0 Å². The molecule has 1 aliphatic heterocycles. The SMILES string of the molecule is CCc1ccc(S(=O)(=O)NC[C@H]2COc3c(cccc3OC)C2)s1. The van der Waals surface area contributed by atoms with Gasteiger partial charge >= 0.3 is 0 Å². The van der Waals surface area contributed by atoms with Gasteiger partial charge in [0.2, 0.25) is 10.0 Å². The topological polar surface area (TPSA) is 64.6 Å². The summed E-state index contributed by atoms with van der Waals surface area (Å²) >= 11 is 1.32. The van der Waals surface area contributed by atoms with Gasteiger partial charge in [0.15, 0.2) is 11.5 Å². The second-order valence-electron chi connectivity index (χ2n) is 5.76. The predicted octanol–water partition coefficient (Wildman–Crippen LogP) is 2.85. The molecule has 0 saturated heterocycles. The predicted molar refractivity (Wildman–Crippen MR) is 94.6 cm³/mol. The van der Waals surface area contributed by atoms with E-state index in [4.69, 9.17) is 9.47 Å². The van der Waals surface area contributed by atoms with E-state index in [9.17, 15) is 8.42 Å². The van der Waals surface area contributed by atoms with Gasteiger partial charge in [-0.3, -0.25) is 0 Å². The van der Waals surface area contributed by atoms with Crippen LogP contribution in [0.25, 0.3) is 0 Å². The fraction of sp³-hybridized carbons (Fsp3) is 0.412. The molecule has 0 bridgehead atoms. The molecular formula is C17H21NO4S2. The summed E-state index contributed by atoms with van der Waals surface area (Å²) in [5, 5.41) is 0. The first kappa shape index (κ1) is 17.3. The zero-order chi connectivity index (χ0) is 17.2. The zero-order valence-corrected chi connectivity index (χ0v) is 15.4. The third-order valence-electron chi connectivity index (χ3n) is 4.06. The number of hydrogen-bond acceptors (Lipinski definition) is 5. The number of fused-ring (bicyclic) bond motifs is 1. The Balaban J connectivity index is 1.65. The van der Waals surface area contributed by atoms with Crippen molar-refractivity contribution in [2.24, 2.45) is 5.92 Å². The smallest absolute Gasteiger partial charge is 0.250 e. The van der Waals surface area contributed by atoms with Gasteiger partial charge in [0.25, 0.3) is 0 Å². The van der Waals surface area contributed by atoms with Gasteiger partial charge in [-0.05, 0) is 36.6 Å². The van der Waals surface area contributed by atoms with Gasteiger partial charge in [0.05, 0.1) is 13.7 Å². The fourth-order valence-electron chi connectivity index (χ4n) is 2.74. The summed E-state index contributed by atoms with van der Waals surface area (Å²) in [6.07, 6.45) is 1.61. The zero-order valence-electron chi connectivity index (χ0n) is 13.7. The Kier molecular flexibility index (Phi) is 5.12. The van der Waals surface area contributed by atoms with Crippen molar-refractivity contribution < 1.29 is 17.9 Å². The third kappa shape index (κ3) is 3.58. The summed E-state index contributed by atoms with van der Waals surface area (Å²) in [6.45, 7) is 2.85. The largest absolute Gasteiger partial charge is 0.493 e. The number of aryl methyl sites for hydroxylation is 1. The molecule has 0 aliphatic carbocycles. The monoisotopic (exact) mass is 367 g/mol. The number of thiophene rings is 1. The van der Waals surface area contributed by atoms with E-state index in [1.54, 1.807) is 13.2 Å². The molecule has 130 valence electrons. The van der Waals surface area contributed by atoms with Crippen molar-refractivity contribution in [1.29, 1.82) is 0 Å². The van der Waals surface area contributed by atoms with Crippen LogP contribution in [0.2, 0.25) is 0 Å². The van der Waals surface area contributed by atoms with Crippen LogP contribution in [-0.4, -0.2) is 28.7 Å². The molecule has 0 saturated carbocycles. The van der Waals surface area contributed by atoms with Gasteiger partial charge < -0.3 is 9.47 Å². The van der Waals surface area contributed by atoms with E-state index in [1.807, 2.05) is 31.2 Å². The Bertz CT molecular complexity index is 814. The van der Waals surface area contributed by atoms with Gasteiger partial charge in [-0.2, -0.15) is 0 Å². The summed E-state index contributed by atoms with van der Waals surface area (Å²) in [5.74, 6) is 1.59. The normalized spacial score (nSPS) is 17.2. The molecule has 0 unspecified atom stereocenters. The minimum absolute atomic E-state index is 0.102. The Morgan fingerprint density at radius 2 is 2.17 bits per heavy atom. The highest BCUT2D eigenvalue weighted by Gasteiger charge is 2.25.